The fourth-order valence-corrected chi connectivity index (χ4v) is 2.75. The molecule has 4 amide bonds. The molecule has 0 spiro atoms. The van der Waals surface area contributed by atoms with Gasteiger partial charge in [-0.3, -0.25) is 14.9 Å². The van der Waals surface area contributed by atoms with Crippen LogP contribution in [0, 0.1) is 13.8 Å². The van der Waals surface area contributed by atoms with Crippen LogP contribution in [0.25, 0.3) is 6.08 Å². The molecule has 0 unspecified atom stereocenters. The maximum atomic E-state index is 12.7. The fourth-order valence-electron chi connectivity index (χ4n) is 2.75. The van der Waals surface area contributed by atoms with Crippen molar-refractivity contribution in [2.24, 2.45) is 7.05 Å². The number of aromatic nitrogens is 1. The van der Waals surface area contributed by atoms with Crippen LogP contribution in [0.15, 0.2) is 42.2 Å². The third-order valence-electron chi connectivity index (χ3n) is 3.73. The first-order valence-electron chi connectivity index (χ1n) is 7.47. The predicted molar refractivity (Wildman–Crippen MR) is 90.3 cm³/mol. The van der Waals surface area contributed by atoms with Gasteiger partial charge in [-0.1, -0.05) is 6.07 Å². The summed E-state index contributed by atoms with van der Waals surface area (Å²) in [5, 5.41) is 2.23. The second kappa shape index (κ2) is 5.81. The second-order valence-corrected chi connectivity index (χ2v) is 5.91. The molecule has 24 heavy (non-hydrogen) atoms. The third-order valence-corrected chi connectivity index (χ3v) is 3.73. The topological polar surface area (TPSA) is 71.4 Å². The van der Waals surface area contributed by atoms with Crippen LogP contribution in [-0.4, -0.2) is 22.4 Å². The first-order valence-corrected chi connectivity index (χ1v) is 7.47. The zero-order valence-corrected chi connectivity index (χ0v) is 13.7. The zero-order chi connectivity index (χ0) is 17.4. The number of urea groups is 1. The molecular weight excluding hydrogens is 306 g/mol. The van der Waals surface area contributed by atoms with Crippen molar-refractivity contribution in [3.63, 3.8) is 0 Å². The molecule has 1 aliphatic heterocycles. The molecule has 1 aliphatic rings. The van der Waals surface area contributed by atoms with Gasteiger partial charge in [-0.05, 0) is 54.8 Å². The van der Waals surface area contributed by atoms with Gasteiger partial charge in [-0.2, -0.15) is 0 Å². The Labute approximate surface area is 139 Å². The number of carbonyl (C=O) groups is 3. The molecule has 0 radical (unpaired) electrons. The predicted octanol–water partition coefficient (Wildman–Crippen LogP) is 2.31. The van der Waals surface area contributed by atoms with E-state index in [2.05, 4.69) is 5.32 Å². The molecule has 0 bridgehead atoms. The van der Waals surface area contributed by atoms with Crippen LogP contribution in [0.1, 0.15) is 16.7 Å². The lowest BCUT2D eigenvalue weighted by atomic mass is 10.1. The third kappa shape index (κ3) is 2.86. The summed E-state index contributed by atoms with van der Waals surface area (Å²) in [4.78, 5) is 38.0. The van der Waals surface area contributed by atoms with Crippen molar-refractivity contribution in [1.82, 2.24) is 9.88 Å². The van der Waals surface area contributed by atoms with Crippen LogP contribution in [0.3, 0.4) is 0 Å². The zero-order valence-electron chi connectivity index (χ0n) is 13.7. The highest BCUT2D eigenvalue weighted by Gasteiger charge is 2.36. The number of amides is 4. The number of imide groups is 2. The maximum absolute atomic E-state index is 12.7. The summed E-state index contributed by atoms with van der Waals surface area (Å²) in [6.07, 6.45) is 5.08. The van der Waals surface area contributed by atoms with Crippen molar-refractivity contribution in [3.8, 4) is 0 Å². The number of nitrogens with zero attached hydrogens (tertiary/aromatic N) is 2. The summed E-state index contributed by atoms with van der Waals surface area (Å²) >= 11 is 0. The quantitative estimate of drug-likeness (QED) is 0.681. The number of benzene rings is 1. The molecule has 122 valence electrons. The first kappa shape index (κ1) is 15.7. The Morgan fingerprint density at radius 1 is 1.04 bits per heavy atom. The van der Waals surface area contributed by atoms with Crippen molar-refractivity contribution >= 4 is 29.6 Å². The molecule has 2 aromatic rings. The van der Waals surface area contributed by atoms with Crippen LogP contribution in [0.2, 0.25) is 0 Å². The van der Waals surface area contributed by atoms with Gasteiger partial charge in [-0.15, -0.1) is 0 Å². The highest BCUT2D eigenvalue weighted by atomic mass is 16.2. The monoisotopic (exact) mass is 323 g/mol. The van der Waals surface area contributed by atoms with E-state index < -0.39 is 17.8 Å². The van der Waals surface area contributed by atoms with Crippen LogP contribution >= 0.6 is 0 Å². The fraction of sp³-hybridized carbons (Fsp3) is 0.167. The molecular formula is C18H17N3O3. The summed E-state index contributed by atoms with van der Waals surface area (Å²) in [7, 11) is 1.84. The highest BCUT2D eigenvalue weighted by Crippen LogP contribution is 2.24. The van der Waals surface area contributed by atoms with Crippen molar-refractivity contribution in [2.75, 3.05) is 4.90 Å². The van der Waals surface area contributed by atoms with E-state index in [1.807, 2.05) is 37.7 Å². The first-order chi connectivity index (χ1) is 11.3. The van der Waals surface area contributed by atoms with E-state index in [1.165, 1.54) is 6.08 Å². The van der Waals surface area contributed by atoms with Crippen molar-refractivity contribution in [2.45, 2.75) is 13.8 Å². The van der Waals surface area contributed by atoms with E-state index in [0.29, 0.717) is 11.3 Å². The van der Waals surface area contributed by atoms with Gasteiger partial charge in [0.2, 0.25) is 0 Å². The van der Waals surface area contributed by atoms with Crippen LogP contribution in [-0.2, 0) is 16.6 Å². The van der Waals surface area contributed by atoms with Gasteiger partial charge >= 0.3 is 6.03 Å². The molecule has 0 atom stereocenters. The van der Waals surface area contributed by atoms with E-state index in [1.54, 1.807) is 24.4 Å². The second-order valence-electron chi connectivity index (χ2n) is 5.91. The maximum Gasteiger partial charge on any atom is 0.335 e. The van der Waals surface area contributed by atoms with Gasteiger partial charge in [0.05, 0.1) is 5.69 Å². The Morgan fingerprint density at radius 3 is 2.29 bits per heavy atom. The lowest BCUT2D eigenvalue weighted by molar-refractivity contribution is -0.122. The number of hydrogen-bond donors (Lipinski definition) is 1. The number of barbiturate groups is 1. The Hall–Kier alpha value is -3.15. The molecule has 2 heterocycles. The number of anilines is 1. The van der Waals surface area contributed by atoms with E-state index in [-0.39, 0.29) is 5.57 Å². The standard InChI is InChI=1S/C18H17N3O3/c1-11-6-12(2)8-14(7-11)21-17(23)15(16(22)19-18(21)24)9-13-4-5-20(3)10-13/h4-10H,1-3H3,(H,19,22,24)/b15-9-. The number of hydrogen-bond acceptors (Lipinski definition) is 3. The van der Waals surface area contributed by atoms with E-state index in [9.17, 15) is 14.4 Å². The molecule has 0 saturated carbocycles. The molecule has 6 heteroatoms. The molecule has 0 aliphatic carbocycles. The van der Waals surface area contributed by atoms with Crippen LogP contribution in [0.5, 0.6) is 0 Å². The highest BCUT2D eigenvalue weighted by molar-refractivity contribution is 6.39. The smallest absolute Gasteiger partial charge is 0.335 e. The van der Waals surface area contributed by atoms with E-state index in [4.69, 9.17) is 0 Å². The Balaban J connectivity index is 2.04. The van der Waals surface area contributed by atoms with Crippen molar-refractivity contribution in [1.29, 1.82) is 0 Å². The molecule has 1 saturated heterocycles. The molecule has 3 rings (SSSR count). The summed E-state index contributed by atoms with van der Waals surface area (Å²) in [6.45, 7) is 3.77. The molecule has 1 aromatic heterocycles. The van der Waals surface area contributed by atoms with Crippen molar-refractivity contribution < 1.29 is 14.4 Å². The lowest BCUT2D eigenvalue weighted by Crippen LogP contribution is -2.54. The van der Waals surface area contributed by atoms with E-state index >= 15 is 0 Å². The van der Waals surface area contributed by atoms with Gasteiger partial charge < -0.3 is 4.57 Å². The average Bonchev–Trinajstić information content (AvgIpc) is 2.87. The minimum Gasteiger partial charge on any atom is -0.357 e. The largest absolute Gasteiger partial charge is 0.357 e. The Morgan fingerprint density at radius 2 is 1.71 bits per heavy atom. The molecule has 1 N–H and O–H groups in total. The average molecular weight is 323 g/mol. The molecule has 1 fully saturated rings. The molecule has 1 aromatic carbocycles. The minimum absolute atomic E-state index is 0.0695. The summed E-state index contributed by atoms with van der Waals surface area (Å²) < 4.78 is 1.81. The van der Waals surface area contributed by atoms with Gasteiger partial charge in [0.15, 0.2) is 0 Å². The molecule has 6 nitrogen and oxygen atoms in total. The summed E-state index contributed by atoms with van der Waals surface area (Å²) in [5.41, 5.74) is 2.94. The van der Waals surface area contributed by atoms with Crippen molar-refractivity contribution in [3.05, 3.63) is 58.9 Å². The lowest BCUT2D eigenvalue weighted by Gasteiger charge is -2.26. The van der Waals surface area contributed by atoms with Gasteiger partial charge in [0.1, 0.15) is 5.57 Å². The Kier molecular flexibility index (Phi) is 3.81. The summed E-state index contributed by atoms with van der Waals surface area (Å²) in [5.74, 6) is -1.31. The van der Waals surface area contributed by atoms with Gasteiger partial charge in [0, 0.05) is 19.4 Å². The number of rotatable bonds is 2. The normalized spacial score (nSPS) is 16.7. The minimum atomic E-state index is -0.736. The van der Waals surface area contributed by atoms with Crippen LogP contribution < -0.4 is 10.2 Å². The van der Waals surface area contributed by atoms with Gasteiger partial charge in [-0.25, -0.2) is 9.69 Å². The van der Waals surface area contributed by atoms with Gasteiger partial charge in [0.25, 0.3) is 11.8 Å². The number of aryl methyl sites for hydroxylation is 3. The number of carbonyl (C=O) groups excluding carboxylic acids is 3. The Bertz CT molecular complexity index is 872. The summed E-state index contributed by atoms with van der Waals surface area (Å²) in [6, 6.07) is 6.47. The van der Waals surface area contributed by atoms with Crippen LogP contribution in [0.4, 0.5) is 10.5 Å². The van der Waals surface area contributed by atoms with E-state index in [0.717, 1.165) is 16.0 Å². The SMILES string of the molecule is Cc1cc(C)cc(N2C(=O)NC(=O)/C(=C/c3ccn(C)c3)C2=O)c1. The number of nitrogens with one attached hydrogen (secondary N) is 1.